The summed E-state index contributed by atoms with van der Waals surface area (Å²) in [5, 5.41) is 24.1. The van der Waals surface area contributed by atoms with Crippen molar-refractivity contribution in [1.82, 2.24) is 5.32 Å². The smallest absolute Gasteiger partial charge is 0.160 e. The molecule has 0 bridgehead atoms. The number of nitrogens with one attached hydrogen (secondary N) is 1. The highest BCUT2D eigenvalue weighted by atomic mass is 16.5. The van der Waals surface area contributed by atoms with Gasteiger partial charge in [-0.3, -0.25) is 0 Å². The van der Waals surface area contributed by atoms with Crippen LogP contribution in [0.25, 0.3) is 0 Å². The van der Waals surface area contributed by atoms with Crippen LogP contribution in [0.15, 0.2) is 18.2 Å². The first-order chi connectivity index (χ1) is 9.64. The van der Waals surface area contributed by atoms with Gasteiger partial charge in [0.05, 0.1) is 12.7 Å². The second-order valence-electron chi connectivity index (χ2n) is 6.07. The maximum absolute atomic E-state index is 10.9. The Kier molecular flexibility index (Phi) is 3.61. The quantitative estimate of drug-likeness (QED) is 0.776. The van der Waals surface area contributed by atoms with E-state index in [2.05, 4.69) is 5.32 Å². The van der Waals surface area contributed by atoms with Gasteiger partial charge in [0, 0.05) is 12.0 Å². The minimum absolute atomic E-state index is 0.142. The van der Waals surface area contributed by atoms with Crippen LogP contribution in [0.1, 0.15) is 43.7 Å². The summed E-state index contributed by atoms with van der Waals surface area (Å²) in [5.74, 6) is 0.902. The van der Waals surface area contributed by atoms with E-state index in [9.17, 15) is 10.2 Å². The minimum atomic E-state index is -0.528. The molecule has 1 saturated carbocycles. The molecule has 110 valence electrons. The lowest BCUT2D eigenvalue weighted by Gasteiger charge is -2.48. The van der Waals surface area contributed by atoms with E-state index in [-0.39, 0.29) is 17.7 Å². The Morgan fingerprint density at radius 1 is 1.30 bits per heavy atom. The highest BCUT2D eigenvalue weighted by molar-refractivity contribution is 5.43. The van der Waals surface area contributed by atoms with E-state index in [4.69, 9.17) is 4.74 Å². The van der Waals surface area contributed by atoms with E-state index < -0.39 is 5.60 Å². The van der Waals surface area contributed by atoms with Crippen molar-refractivity contribution in [1.29, 1.82) is 0 Å². The van der Waals surface area contributed by atoms with Crippen LogP contribution in [-0.4, -0.2) is 29.5 Å². The van der Waals surface area contributed by atoms with E-state index >= 15 is 0 Å². The van der Waals surface area contributed by atoms with Crippen LogP contribution in [0.4, 0.5) is 0 Å². The zero-order valence-corrected chi connectivity index (χ0v) is 11.9. The molecular weight excluding hydrogens is 254 g/mol. The van der Waals surface area contributed by atoms with E-state index in [0.29, 0.717) is 5.75 Å². The molecule has 20 heavy (non-hydrogen) atoms. The molecule has 1 aromatic rings. The van der Waals surface area contributed by atoms with Crippen LogP contribution >= 0.6 is 0 Å². The minimum Gasteiger partial charge on any atom is -0.504 e. The van der Waals surface area contributed by atoms with Gasteiger partial charge in [0.1, 0.15) is 0 Å². The summed E-state index contributed by atoms with van der Waals surface area (Å²) in [6, 6.07) is 5.62. The second-order valence-corrected chi connectivity index (χ2v) is 6.07. The molecule has 3 rings (SSSR count). The molecule has 0 amide bonds. The molecule has 4 nitrogen and oxygen atoms in total. The maximum atomic E-state index is 10.9. The molecule has 1 saturated heterocycles. The number of ether oxygens (including phenoxy) is 1. The number of piperidine rings is 1. The van der Waals surface area contributed by atoms with Gasteiger partial charge >= 0.3 is 0 Å². The Labute approximate surface area is 119 Å². The molecular formula is C16H23NO3. The summed E-state index contributed by atoms with van der Waals surface area (Å²) < 4.78 is 5.20. The number of phenols is 1. The highest BCUT2D eigenvalue weighted by Crippen LogP contribution is 2.46. The van der Waals surface area contributed by atoms with Crippen LogP contribution in [0.5, 0.6) is 11.5 Å². The number of hydrogen-bond donors (Lipinski definition) is 3. The van der Waals surface area contributed by atoms with Gasteiger partial charge in [-0.1, -0.05) is 18.9 Å². The number of methoxy groups -OCH3 is 1. The average Bonchev–Trinajstić information content (AvgIpc) is 2.46. The van der Waals surface area contributed by atoms with Crippen LogP contribution < -0.4 is 10.1 Å². The third-order valence-electron chi connectivity index (χ3n) is 4.95. The van der Waals surface area contributed by atoms with Crippen molar-refractivity contribution < 1.29 is 14.9 Å². The van der Waals surface area contributed by atoms with E-state index in [1.54, 1.807) is 13.2 Å². The summed E-state index contributed by atoms with van der Waals surface area (Å²) in [6.45, 7) is 0.834. The van der Waals surface area contributed by atoms with Crippen LogP contribution in [0.3, 0.4) is 0 Å². The highest BCUT2D eigenvalue weighted by Gasteiger charge is 2.45. The third kappa shape index (κ3) is 2.27. The van der Waals surface area contributed by atoms with Gasteiger partial charge in [-0.25, -0.2) is 0 Å². The first-order valence-corrected chi connectivity index (χ1v) is 7.47. The fourth-order valence-corrected chi connectivity index (χ4v) is 3.86. The molecule has 4 heteroatoms. The predicted octanol–water partition coefficient (Wildman–Crippen LogP) is 2.36. The predicted molar refractivity (Wildman–Crippen MR) is 76.9 cm³/mol. The van der Waals surface area contributed by atoms with Crippen LogP contribution in [0.2, 0.25) is 0 Å². The van der Waals surface area contributed by atoms with E-state index in [0.717, 1.165) is 37.8 Å². The Morgan fingerprint density at radius 2 is 2.15 bits per heavy atom. The maximum Gasteiger partial charge on any atom is 0.160 e. The molecule has 1 aliphatic heterocycles. The van der Waals surface area contributed by atoms with E-state index in [1.165, 1.54) is 6.42 Å². The molecule has 2 aliphatic rings. The normalized spacial score (nSPS) is 33.5. The fourth-order valence-electron chi connectivity index (χ4n) is 3.86. The van der Waals surface area contributed by atoms with Gasteiger partial charge < -0.3 is 20.3 Å². The lowest BCUT2D eigenvalue weighted by molar-refractivity contribution is -0.0861. The molecule has 3 N–H and O–H groups in total. The molecule has 1 aromatic carbocycles. The molecule has 0 spiro atoms. The van der Waals surface area contributed by atoms with Crippen molar-refractivity contribution in [3.8, 4) is 11.5 Å². The zero-order valence-electron chi connectivity index (χ0n) is 11.9. The zero-order chi connectivity index (χ0) is 14.2. The molecule has 2 fully saturated rings. The van der Waals surface area contributed by atoms with Crippen molar-refractivity contribution in [3.63, 3.8) is 0 Å². The van der Waals surface area contributed by atoms with Crippen LogP contribution in [0, 0.1) is 5.92 Å². The summed E-state index contributed by atoms with van der Waals surface area (Å²) in [6.07, 6.45) is 5.10. The number of phenolic OH excluding ortho intramolecular Hbond substituents is 1. The molecule has 0 aromatic heterocycles. The number of aliphatic hydroxyl groups is 1. The van der Waals surface area contributed by atoms with Gasteiger partial charge in [-0.05, 0) is 43.5 Å². The number of fused-ring (bicyclic) bond motifs is 1. The van der Waals surface area contributed by atoms with Crippen molar-refractivity contribution in [3.05, 3.63) is 23.8 Å². The summed E-state index contributed by atoms with van der Waals surface area (Å²) in [7, 11) is 1.56. The van der Waals surface area contributed by atoms with Crippen LogP contribution in [-0.2, 0) is 0 Å². The van der Waals surface area contributed by atoms with Crippen molar-refractivity contribution in [2.75, 3.05) is 13.7 Å². The van der Waals surface area contributed by atoms with Gasteiger partial charge in [-0.2, -0.15) is 0 Å². The number of benzene rings is 1. The van der Waals surface area contributed by atoms with Crippen molar-refractivity contribution in [2.45, 2.75) is 43.7 Å². The largest absolute Gasteiger partial charge is 0.504 e. The second kappa shape index (κ2) is 5.26. The summed E-state index contributed by atoms with van der Waals surface area (Å²) >= 11 is 0. The number of aromatic hydroxyl groups is 1. The SMILES string of the molecule is COc1cc([C@@H]2NCCC3(O)CCCCC23)ccc1O. The molecule has 3 atom stereocenters. The average molecular weight is 277 g/mol. The summed E-state index contributed by atoms with van der Waals surface area (Å²) in [5.41, 5.74) is 0.559. The molecule has 2 unspecified atom stereocenters. The van der Waals surface area contributed by atoms with Gasteiger partial charge in [0.2, 0.25) is 0 Å². The van der Waals surface area contributed by atoms with Gasteiger partial charge in [0.25, 0.3) is 0 Å². The van der Waals surface area contributed by atoms with Gasteiger partial charge in [0.15, 0.2) is 11.5 Å². The topological polar surface area (TPSA) is 61.7 Å². The molecule has 0 radical (unpaired) electrons. The lowest BCUT2D eigenvalue weighted by atomic mass is 9.67. The third-order valence-corrected chi connectivity index (χ3v) is 4.95. The summed E-state index contributed by atoms with van der Waals surface area (Å²) in [4.78, 5) is 0. The number of hydrogen-bond acceptors (Lipinski definition) is 4. The van der Waals surface area contributed by atoms with E-state index in [1.807, 2.05) is 12.1 Å². The number of rotatable bonds is 2. The Bertz CT molecular complexity index is 487. The molecule has 1 aliphatic carbocycles. The fraction of sp³-hybridized carbons (Fsp3) is 0.625. The Balaban J connectivity index is 1.92. The van der Waals surface area contributed by atoms with Crippen molar-refractivity contribution >= 4 is 0 Å². The Morgan fingerprint density at radius 3 is 2.95 bits per heavy atom. The van der Waals surface area contributed by atoms with Crippen molar-refractivity contribution in [2.24, 2.45) is 5.92 Å². The standard InChI is InChI=1S/C16H23NO3/c1-20-14-10-11(5-6-13(14)18)15-12-4-2-3-7-16(12,19)8-9-17-15/h5-6,10,12,15,17-19H,2-4,7-9H2,1H3/t12?,15-,16?/m0/s1. The monoisotopic (exact) mass is 277 g/mol. The van der Waals surface area contributed by atoms with Gasteiger partial charge in [-0.15, -0.1) is 0 Å². The Hall–Kier alpha value is -1.26. The first-order valence-electron chi connectivity index (χ1n) is 7.47. The first kappa shape index (κ1) is 13.7. The lowest BCUT2D eigenvalue weighted by Crippen LogP contribution is -2.53. The molecule has 1 heterocycles.